The highest BCUT2D eigenvalue weighted by Crippen LogP contribution is 2.00. The molecule has 1 atom stereocenters. The van der Waals surface area contributed by atoms with E-state index >= 15 is 0 Å². The van der Waals surface area contributed by atoms with Crippen molar-refractivity contribution in [3.63, 3.8) is 0 Å². The first-order valence-corrected chi connectivity index (χ1v) is 6.01. The Morgan fingerprint density at radius 2 is 1.94 bits per heavy atom. The average Bonchev–Trinajstić information content (AvgIpc) is 2.37. The zero-order valence-electron chi connectivity index (χ0n) is 10.1. The predicted molar refractivity (Wildman–Crippen MR) is 69.2 cm³/mol. The number of nitrogens with two attached hydrogens (primary N) is 2. The van der Waals surface area contributed by atoms with Gasteiger partial charge < -0.3 is 16.8 Å². The summed E-state index contributed by atoms with van der Waals surface area (Å²) < 4.78 is 0. The fourth-order valence-corrected chi connectivity index (χ4v) is 1.56. The molecule has 17 heavy (non-hydrogen) atoms. The van der Waals surface area contributed by atoms with Gasteiger partial charge in [0.1, 0.15) is 0 Å². The lowest BCUT2D eigenvalue weighted by Gasteiger charge is -2.11. The molecule has 1 rings (SSSR count). The summed E-state index contributed by atoms with van der Waals surface area (Å²) in [6.45, 7) is 1.18. The van der Waals surface area contributed by atoms with E-state index < -0.39 is 6.04 Å². The van der Waals surface area contributed by atoms with Crippen LogP contribution in [0.15, 0.2) is 30.3 Å². The van der Waals surface area contributed by atoms with Gasteiger partial charge >= 0.3 is 0 Å². The Balaban J connectivity index is 2.24. The van der Waals surface area contributed by atoms with Crippen molar-refractivity contribution in [1.29, 1.82) is 0 Å². The molecule has 0 spiro atoms. The van der Waals surface area contributed by atoms with Crippen LogP contribution in [0.2, 0.25) is 0 Å². The van der Waals surface area contributed by atoms with E-state index in [1.165, 1.54) is 0 Å². The molecule has 0 aromatic heterocycles. The Morgan fingerprint density at radius 1 is 1.24 bits per heavy atom. The molecule has 0 radical (unpaired) electrons. The third-order valence-corrected chi connectivity index (χ3v) is 2.62. The molecular weight excluding hydrogens is 214 g/mol. The van der Waals surface area contributed by atoms with Gasteiger partial charge in [0.15, 0.2) is 0 Å². The first-order valence-electron chi connectivity index (χ1n) is 6.01. The van der Waals surface area contributed by atoms with Crippen LogP contribution in [0.3, 0.4) is 0 Å². The zero-order valence-corrected chi connectivity index (χ0v) is 10.1. The van der Waals surface area contributed by atoms with Crippen LogP contribution in [0.1, 0.15) is 24.8 Å². The largest absolute Gasteiger partial charge is 0.351 e. The minimum atomic E-state index is -0.426. The third kappa shape index (κ3) is 5.47. The van der Waals surface area contributed by atoms with E-state index in [2.05, 4.69) is 5.32 Å². The van der Waals surface area contributed by atoms with Gasteiger partial charge in [-0.1, -0.05) is 36.8 Å². The normalized spacial score (nSPS) is 12.1. The van der Waals surface area contributed by atoms with Gasteiger partial charge in [0.25, 0.3) is 0 Å². The highest BCUT2D eigenvalue weighted by molar-refractivity contribution is 5.81. The SMILES string of the molecule is NCCCC[C@H](N)C(=O)NCc1ccccc1. The molecule has 0 heterocycles. The summed E-state index contributed by atoms with van der Waals surface area (Å²) >= 11 is 0. The lowest BCUT2D eigenvalue weighted by atomic mass is 10.1. The Hall–Kier alpha value is -1.39. The molecule has 0 bridgehead atoms. The van der Waals surface area contributed by atoms with Gasteiger partial charge in [-0.25, -0.2) is 0 Å². The van der Waals surface area contributed by atoms with Crippen LogP contribution in [0, 0.1) is 0 Å². The molecule has 0 aliphatic heterocycles. The molecule has 0 fully saturated rings. The second-order valence-corrected chi connectivity index (χ2v) is 4.09. The van der Waals surface area contributed by atoms with Crippen LogP contribution in [-0.4, -0.2) is 18.5 Å². The maximum Gasteiger partial charge on any atom is 0.237 e. The average molecular weight is 235 g/mol. The second kappa shape index (κ2) is 7.81. The Morgan fingerprint density at radius 3 is 2.59 bits per heavy atom. The summed E-state index contributed by atoms with van der Waals surface area (Å²) in [5.74, 6) is -0.0918. The Labute approximate surface area is 102 Å². The van der Waals surface area contributed by atoms with E-state index in [1.54, 1.807) is 0 Å². The molecule has 0 unspecified atom stereocenters. The van der Waals surface area contributed by atoms with Gasteiger partial charge in [-0.3, -0.25) is 4.79 Å². The van der Waals surface area contributed by atoms with Crippen molar-refractivity contribution < 1.29 is 4.79 Å². The number of amides is 1. The number of hydrogen-bond acceptors (Lipinski definition) is 3. The van der Waals surface area contributed by atoms with Gasteiger partial charge in [0.2, 0.25) is 5.91 Å². The Bertz CT molecular complexity index is 327. The molecule has 0 saturated heterocycles. The van der Waals surface area contributed by atoms with Crippen LogP contribution >= 0.6 is 0 Å². The number of unbranched alkanes of at least 4 members (excludes halogenated alkanes) is 1. The van der Waals surface area contributed by atoms with Crippen LogP contribution in [-0.2, 0) is 11.3 Å². The van der Waals surface area contributed by atoms with E-state index in [0.29, 0.717) is 19.5 Å². The van der Waals surface area contributed by atoms with Crippen molar-refractivity contribution in [2.45, 2.75) is 31.8 Å². The summed E-state index contributed by atoms with van der Waals surface area (Å²) in [6.07, 6.45) is 2.51. The number of nitrogens with one attached hydrogen (secondary N) is 1. The van der Waals surface area contributed by atoms with Crippen molar-refractivity contribution in [3.05, 3.63) is 35.9 Å². The first kappa shape index (κ1) is 13.7. The summed E-state index contributed by atoms with van der Waals surface area (Å²) in [5.41, 5.74) is 12.2. The lowest BCUT2D eigenvalue weighted by Crippen LogP contribution is -2.40. The van der Waals surface area contributed by atoms with Crippen molar-refractivity contribution in [2.24, 2.45) is 11.5 Å². The maximum atomic E-state index is 11.6. The van der Waals surface area contributed by atoms with Crippen LogP contribution in [0.5, 0.6) is 0 Å². The van der Waals surface area contributed by atoms with Gasteiger partial charge in [0.05, 0.1) is 6.04 Å². The number of rotatable bonds is 7. The van der Waals surface area contributed by atoms with Crippen LogP contribution in [0.25, 0.3) is 0 Å². The van der Waals surface area contributed by atoms with E-state index in [0.717, 1.165) is 18.4 Å². The van der Waals surface area contributed by atoms with Gasteiger partial charge in [-0.15, -0.1) is 0 Å². The van der Waals surface area contributed by atoms with Crippen molar-refractivity contribution in [2.75, 3.05) is 6.54 Å². The van der Waals surface area contributed by atoms with Crippen LogP contribution in [0.4, 0.5) is 0 Å². The molecule has 1 aromatic carbocycles. The first-order chi connectivity index (χ1) is 8.24. The summed E-state index contributed by atoms with van der Waals surface area (Å²) in [5, 5.41) is 2.83. The minimum absolute atomic E-state index is 0.0918. The smallest absolute Gasteiger partial charge is 0.237 e. The number of carbonyl (C=O) groups is 1. The van der Waals surface area contributed by atoms with Crippen molar-refractivity contribution >= 4 is 5.91 Å². The fraction of sp³-hybridized carbons (Fsp3) is 0.462. The molecule has 1 aromatic rings. The van der Waals surface area contributed by atoms with Gasteiger partial charge in [0, 0.05) is 6.54 Å². The highest BCUT2D eigenvalue weighted by atomic mass is 16.2. The topological polar surface area (TPSA) is 81.1 Å². The zero-order chi connectivity index (χ0) is 12.5. The van der Waals surface area contributed by atoms with E-state index in [4.69, 9.17) is 11.5 Å². The quantitative estimate of drug-likeness (QED) is 0.610. The molecule has 1 amide bonds. The van der Waals surface area contributed by atoms with E-state index in [9.17, 15) is 4.79 Å². The molecule has 4 heteroatoms. The monoisotopic (exact) mass is 235 g/mol. The minimum Gasteiger partial charge on any atom is -0.351 e. The number of hydrogen-bond donors (Lipinski definition) is 3. The van der Waals surface area contributed by atoms with Crippen molar-refractivity contribution in [1.82, 2.24) is 5.32 Å². The van der Waals surface area contributed by atoms with Gasteiger partial charge in [-0.2, -0.15) is 0 Å². The highest BCUT2D eigenvalue weighted by Gasteiger charge is 2.11. The molecule has 94 valence electrons. The molecule has 0 aliphatic carbocycles. The summed E-state index contributed by atoms with van der Waals surface area (Å²) in [6, 6.07) is 9.36. The number of carbonyl (C=O) groups excluding carboxylic acids is 1. The standard InChI is InChI=1S/C13H21N3O/c14-9-5-4-8-12(15)13(17)16-10-11-6-2-1-3-7-11/h1-3,6-7,12H,4-5,8-10,14-15H2,(H,16,17)/t12-/m0/s1. The molecule has 0 saturated carbocycles. The van der Waals surface area contributed by atoms with Gasteiger partial charge in [-0.05, 0) is 24.9 Å². The molecule has 5 N–H and O–H groups in total. The van der Waals surface area contributed by atoms with E-state index in [-0.39, 0.29) is 5.91 Å². The summed E-state index contributed by atoms with van der Waals surface area (Å²) in [7, 11) is 0. The molecule has 0 aliphatic rings. The Kier molecular flexibility index (Phi) is 6.29. The molecular formula is C13H21N3O. The third-order valence-electron chi connectivity index (χ3n) is 2.62. The second-order valence-electron chi connectivity index (χ2n) is 4.09. The lowest BCUT2D eigenvalue weighted by molar-refractivity contribution is -0.122. The fourth-order valence-electron chi connectivity index (χ4n) is 1.56. The predicted octanol–water partition coefficient (Wildman–Crippen LogP) is 0.759. The van der Waals surface area contributed by atoms with Crippen LogP contribution < -0.4 is 16.8 Å². The molecule has 4 nitrogen and oxygen atoms in total. The van der Waals surface area contributed by atoms with Crippen molar-refractivity contribution in [3.8, 4) is 0 Å². The van der Waals surface area contributed by atoms with E-state index in [1.807, 2.05) is 30.3 Å². The summed E-state index contributed by atoms with van der Waals surface area (Å²) in [4.78, 5) is 11.6. The maximum absolute atomic E-state index is 11.6. The number of benzene rings is 1.